The predicted molar refractivity (Wildman–Crippen MR) is 52.1 cm³/mol. The molecule has 2 rings (SSSR count). The summed E-state index contributed by atoms with van der Waals surface area (Å²) in [4.78, 5) is 0. The van der Waals surface area contributed by atoms with E-state index in [1.807, 2.05) is 12.1 Å². The van der Waals surface area contributed by atoms with E-state index in [1.54, 1.807) is 0 Å². The highest BCUT2D eigenvalue weighted by atomic mass is 35.5. The Morgan fingerprint density at radius 1 is 1.33 bits per heavy atom. The van der Waals surface area contributed by atoms with Crippen molar-refractivity contribution in [3.8, 4) is 5.75 Å². The molecule has 0 amide bonds. The van der Waals surface area contributed by atoms with E-state index in [2.05, 4.69) is 19.1 Å². The van der Waals surface area contributed by atoms with Crippen LogP contribution in [0.5, 0.6) is 5.75 Å². The van der Waals surface area contributed by atoms with Crippen LogP contribution in [0.1, 0.15) is 12.5 Å². The molecule has 0 N–H and O–H groups in total. The molecule has 0 saturated carbocycles. The molecule has 0 aromatic heterocycles. The van der Waals surface area contributed by atoms with Gasteiger partial charge in [-0.15, -0.1) is 12.4 Å². The molecule has 0 aliphatic carbocycles. The van der Waals surface area contributed by atoms with Gasteiger partial charge in [0.25, 0.3) is 0 Å². The molecule has 2 heteroatoms. The van der Waals surface area contributed by atoms with E-state index >= 15 is 0 Å². The van der Waals surface area contributed by atoms with Crippen molar-refractivity contribution in [3.05, 3.63) is 29.8 Å². The highest BCUT2D eigenvalue weighted by molar-refractivity contribution is 5.85. The quantitative estimate of drug-likeness (QED) is 0.603. The lowest BCUT2D eigenvalue weighted by atomic mass is 9.99. The molecule has 1 atom stereocenters. The number of halogens is 1. The zero-order chi connectivity index (χ0) is 7.68. The lowest BCUT2D eigenvalue weighted by Gasteiger charge is -2.21. The number of fused-ring (bicyclic) bond motifs is 1. The van der Waals surface area contributed by atoms with E-state index in [1.165, 1.54) is 5.56 Å². The molecule has 0 unspecified atom stereocenters. The van der Waals surface area contributed by atoms with Crippen molar-refractivity contribution < 1.29 is 4.74 Å². The molecule has 0 saturated heterocycles. The SMILES string of the molecule is C[C@H]1COc2ccccc2C1.Cl. The lowest BCUT2D eigenvalue weighted by Crippen LogP contribution is -2.17. The Labute approximate surface area is 79.2 Å². The van der Waals surface area contributed by atoms with Crippen molar-refractivity contribution in [3.63, 3.8) is 0 Å². The fraction of sp³-hybridized carbons (Fsp3) is 0.400. The summed E-state index contributed by atoms with van der Waals surface area (Å²) in [5.74, 6) is 1.75. The third kappa shape index (κ3) is 1.72. The fourth-order valence-electron chi connectivity index (χ4n) is 1.48. The fourth-order valence-corrected chi connectivity index (χ4v) is 1.48. The number of hydrogen-bond acceptors (Lipinski definition) is 1. The Balaban J connectivity index is 0.000000720. The molecular weight excluding hydrogens is 172 g/mol. The van der Waals surface area contributed by atoms with Gasteiger partial charge in [-0.3, -0.25) is 0 Å². The van der Waals surface area contributed by atoms with Gasteiger partial charge in [0.05, 0.1) is 6.61 Å². The van der Waals surface area contributed by atoms with E-state index in [9.17, 15) is 0 Å². The maximum absolute atomic E-state index is 5.54. The van der Waals surface area contributed by atoms with E-state index in [4.69, 9.17) is 4.74 Å². The highest BCUT2D eigenvalue weighted by Gasteiger charge is 2.14. The van der Waals surface area contributed by atoms with Crippen LogP contribution < -0.4 is 4.74 Å². The van der Waals surface area contributed by atoms with Crippen LogP contribution in [0.25, 0.3) is 0 Å². The second-order valence-corrected chi connectivity index (χ2v) is 3.23. The topological polar surface area (TPSA) is 9.23 Å². The summed E-state index contributed by atoms with van der Waals surface area (Å²) < 4.78 is 5.54. The van der Waals surface area contributed by atoms with Crippen molar-refractivity contribution in [1.29, 1.82) is 0 Å². The van der Waals surface area contributed by atoms with Gasteiger partial charge in [0, 0.05) is 0 Å². The van der Waals surface area contributed by atoms with Crippen molar-refractivity contribution in [1.82, 2.24) is 0 Å². The Morgan fingerprint density at radius 3 is 2.92 bits per heavy atom. The number of ether oxygens (including phenoxy) is 1. The first kappa shape index (κ1) is 9.40. The maximum atomic E-state index is 5.54. The highest BCUT2D eigenvalue weighted by Crippen LogP contribution is 2.25. The van der Waals surface area contributed by atoms with Crippen molar-refractivity contribution in [2.75, 3.05) is 6.61 Å². The summed E-state index contributed by atoms with van der Waals surface area (Å²) in [5, 5.41) is 0. The zero-order valence-corrected chi connectivity index (χ0v) is 7.93. The normalized spacial score (nSPS) is 20.2. The lowest BCUT2D eigenvalue weighted by molar-refractivity contribution is 0.234. The standard InChI is InChI=1S/C10H12O.ClH/c1-8-6-9-4-2-3-5-10(9)11-7-8;/h2-5,8H,6-7H2,1H3;1H/t8-;/m1./s1. The number of rotatable bonds is 0. The van der Waals surface area contributed by atoms with Crippen LogP contribution in [0.3, 0.4) is 0 Å². The first-order chi connectivity index (χ1) is 5.36. The van der Waals surface area contributed by atoms with Gasteiger partial charge in [-0.2, -0.15) is 0 Å². The van der Waals surface area contributed by atoms with Crippen LogP contribution in [0.2, 0.25) is 0 Å². The Hall–Kier alpha value is -0.690. The van der Waals surface area contributed by atoms with Gasteiger partial charge in [-0.05, 0) is 24.0 Å². The summed E-state index contributed by atoms with van der Waals surface area (Å²) in [6.07, 6.45) is 1.16. The molecule has 1 heterocycles. The van der Waals surface area contributed by atoms with Crippen LogP contribution in [-0.2, 0) is 6.42 Å². The van der Waals surface area contributed by atoms with Crippen LogP contribution >= 0.6 is 12.4 Å². The molecule has 1 nitrogen and oxygen atoms in total. The molecule has 1 aliphatic rings. The van der Waals surface area contributed by atoms with Crippen molar-refractivity contribution in [2.45, 2.75) is 13.3 Å². The second-order valence-electron chi connectivity index (χ2n) is 3.23. The monoisotopic (exact) mass is 184 g/mol. The van der Waals surface area contributed by atoms with E-state index < -0.39 is 0 Å². The minimum Gasteiger partial charge on any atom is -0.493 e. The molecule has 12 heavy (non-hydrogen) atoms. The average Bonchev–Trinajstić information content (AvgIpc) is 2.04. The van der Waals surface area contributed by atoms with Gasteiger partial charge in [-0.25, -0.2) is 0 Å². The Bertz CT molecular complexity index is 260. The number of hydrogen-bond donors (Lipinski definition) is 0. The Morgan fingerprint density at radius 2 is 2.08 bits per heavy atom. The molecular formula is C10H13ClO. The molecule has 0 bridgehead atoms. The molecule has 1 aliphatic heterocycles. The smallest absolute Gasteiger partial charge is 0.122 e. The third-order valence-corrected chi connectivity index (χ3v) is 2.06. The first-order valence-corrected chi connectivity index (χ1v) is 4.07. The van der Waals surface area contributed by atoms with Crippen molar-refractivity contribution in [2.24, 2.45) is 5.92 Å². The van der Waals surface area contributed by atoms with Crippen LogP contribution in [0.4, 0.5) is 0 Å². The number of benzene rings is 1. The molecule has 1 aromatic rings. The summed E-state index contributed by atoms with van der Waals surface area (Å²) in [6, 6.07) is 8.28. The average molecular weight is 185 g/mol. The van der Waals surface area contributed by atoms with E-state index in [0.29, 0.717) is 5.92 Å². The summed E-state index contributed by atoms with van der Waals surface area (Å²) >= 11 is 0. The largest absolute Gasteiger partial charge is 0.493 e. The minimum absolute atomic E-state index is 0. The number of para-hydroxylation sites is 1. The zero-order valence-electron chi connectivity index (χ0n) is 7.12. The van der Waals surface area contributed by atoms with Crippen LogP contribution in [0.15, 0.2) is 24.3 Å². The van der Waals surface area contributed by atoms with Crippen molar-refractivity contribution >= 4 is 12.4 Å². The predicted octanol–water partition coefficient (Wildman–Crippen LogP) is 2.68. The second kappa shape index (κ2) is 3.81. The van der Waals surface area contributed by atoms with Gasteiger partial charge in [-0.1, -0.05) is 25.1 Å². The molecule has 0 fully saturated rings. The van der Waals surface area contributed by atoms with Crippen LogP contribution in [0, 0.1) is 5.92 Å². The van der Waals surface area contributed by atoms with Crippen LogP contribution in [-0.4, -0.2) is 6.61 Å². The molecule has 0 spiro atoms. The Kier molecular flexibility index (Phi) is 2.99. The molecule has 0 radical (unpaired) electrons. The van der Waals surface area contributed by atoms with E-state index in [0.717, 1.165) is 18.8 Å². The third-order valence-electron chi connectivity index (χ3n) is 2.06. The minimum atomic E-state index is 0. The first-order valence-electron chi connectivity index (χ1n) is 4.07. The van der Waals surface area contributed by atoms with Gasteiger partial charge in [0.15, 0.2) is 0 Å². The summed E-state index contributed by atoms with van der Waals surface area (Å²) in [5.41, 5.74) is 1.35. The van der Waals surface area contributed by atoms with Gasteiger partial charge < -0.3 is 4.74 Å². The van der Waals surface area contributed by atoms with E-state index in [-0.39, 0.29) is 12.4 Å². The van der Waals surface area contributed by atoms with Gasteiger partial charge in [0.2, 0.25) is 0 Å². The summed E-state index contributed by atoms with van der Waals surface area (Å²) in [6.45, 7) is 3.09. The summed E-state index contributed by atoms with van der Waals surface area (Å²) in [7, 11) is 0. The maximum Gasteiger partial charge on any atom is 0.122 e. The molecule has 66 valence electrons. The van der Waals surface area contributed by atoms with Gasteiger partial charge >= 0.3 is 0 Å². The molecule has 1 aromatic carbocycles. The van der Waals surface area contributed by atoms with Gasteiger partial charge in [0.1, 0.15) is 5.75 Å².